The van der Waals surface area contributed by atoms with Crippen LogP contribution >= 0.6 is 0 Å². The van der Waals surface area contributed by atoms with Crippen LogP contribution in [0.5, 0.6) is 23.0 Å². The smallest absolute Gasteiger partial charge is 0.284 e. The number of benzene rings is 3. The third-order valence-electron chi connectivity index (χ3n) is 4.90. The summed E-state index contributed by atoms with van der Waals surface area (Å²) in [5.74, 6) is 2.00. The molecule has 3 aromatic carbocycles. The first-order valence-corrected chi connectivity index (χ1v) is 9.48. The average Bonchev–Trinajstić information content (AvgIpc) is 2.79. The summed E-state index contributed by atoms with van der Waals surface area (Å²) in [6.45, 7) is 1.91. The number of fused-ring (bicyclic) bond motifs is 2. The van der Waals surface area contributed by atoms with Crippen molar-refractivity contribution in [1.29, 1.82) is 0 Å². The minimum atomic E-state index is -0.791. The Morgan fingerprint density at radius 1 is 1.00 bits per heavy atom. The van der Waals surface area contributed by atoms with Crippen LogP contribution in [0.1, 0.15) is 12.5 Å². The van der Waals surface area contributed by atoms with Gasteiger partial charge < -0.3 is 18.9 Å². The van der Waals surface area contributed by atoms with E-state index >= 15 is 0 Å². The van der Waals surface area contributed by atoms with Gasteiger partial charge in [-0.3, -0.25) is 4.79 Å². The van der Waals surface area contributed by atoms with Crippen LogP contribution in [0.15, 0.2) is 59.7 Å². The molecule has 1 aliphatic rings. The molecule has 0 bridgehead atoms. The van der Waals surface area contributed by atoms with E-state index in [0.717, 1.165) is 16.3 Å². The lowest BCUT2D eigenvalue weighted by molar-refractivity contribution is -0.130. The summed E-state index contributed by atoms with van der Waals surface area (Å²) in [7, 11) is 3.14. The fraction of sp³-hybridized carbons (Fsp3) is 0.217. The molecule has 1 N–H and O–H groups in total. The van der Waals surface area contributed by atoms with Gasteiger partial charge in [-0.15, -0.1) is 0 Å². The van der Waals surface area contributed by atoms with Gasteiger partial charge in [-0.1, -0.05) is 24.3 Å². The van der Waals surface area contributed by atoms with Gasteiger partial charge in [0.05, 0.1) is 19.9 Å². The lowest BCUT2D eigenvalue weighted by Gasteiger charge is -2.25. The molecule has 154 valence electrons. The van der Waals surface area contributed by atoms with Crippen molar-refractivity contribution in [3.63, 3.8) is 0 Å². The molecule has 30 heavy (non-hydrogen) atoms. The van der Waals surface area contributed by atoms with Crippen LogP contribution in [-0.4, -0.2) is 38.5 Å². The number of rotatable bonds is 5. The van der Waals surface area contributed by atoms with Crippen molar-refractivity contribution >= 4 is 22.4 Å². The first kappa shape index (κ1) is 19.6. The van der Waals surface area contributed by atoms with Crippen molar-refractivity contribution in [3.8, 4) is 23.0 Å². The minimum absolute atomic E-state index is 0.113. The molecule has 1 heterocycles. The maximum absolute atomic E-state index is 12.6. The highest BCUT2D eigenvalue weighted by Gasteiger charge is 2.27. The first-order chi connectivity index (χ1) is 14.6. The lowest BCUT2D eigenvalue weighted by atomic mass is 10.1. The van der Waals surface area contributed by atoms with Crippen LogP contribution in [0, 0.1) is 0 Å². The molecule has 0 saturated carbocycles. The predicted molar refractivity (Wildman–Crippen MR) is 114 cm³/mol. The van der Waals surface area contributed by atoms with Gasteiger partial charge >= 0.3 is 0 Å². The summed E-state index contributed by atoms with van der Waals surface area (Å²) in [5.41, 5.74) is 3.97. The Labute approximate surface area is 174 Å². The molecule has 1 unspecified atom stereocenters. The largest absolute Gasteiger partial charge is 0.493 e. The zero-order valence-corrected chi connectivity index (χ0v) is 17.0. The molecule has 0 aliphatic carbocycles. The molecule has 3 aromatic rings. The lowest BCUT2D eigenvalue weighted by Crippen LogP contribution is -2.42. The van der Waals surface area contributed by atoms with Gasteiger partial charge in [0, 0.05) is 5.56 Å². The van der Waals surface area contributed by atoms with E-state index in [4.69, 9.17) is 18.9 Å². The van der Waals surface area contributed by atoms with E-state index in [1.54, 1.807) is 33.3 Å². The third-order valence-corrected chi connectivity index (χ3v) is 4.90. The molecule has 0 spiro atoms. The normalized spacial score (nSPS) is 15.6. The number of carbonyl (C=O) groups is 1. The predicted octanol–water partition coefficient (Wildman–Crippen LogP) is 3.54. The van der Waals surface area contributed by atoms with E-state index in [-0.39, 0.29) is 12.5 Å². The Hall–Kier alpha value is -3.74. The van der Waals surface area contributed by atoms with Crippen LogP contribution in [0.2, 0.25) is 0 Å². The molecule has 0 aromatic heterocycles. The second-order valence-corrected chi connectivity index (χ2v) is 6.81. The minimum Gasteiger partial charge on any atom is -0.493 e. The number of methoxy groups -OCH3 is 2. The van der Waals surface area contributed by atoms with Crippen LogP contribution in [-0.2, 0) is 4.79 Å². The van der Waals surface area contributed by atoms with E-state index in [0.29, 0.717) is 28.7 Å². The second kappa shape index (κ2) is 8.32. The van der Waals surface area contributed by atoms with Crippen LogP contribution in [0.4, 0.5) is 0 Å². The number of carbonyl (C=O) groups excluding carboxylic acids is 1. The maximum Gasteiger partial charge on any atom is 0.284 e. The highest BCUT2D eigenvalue weighted by Crippen LogP contribution is 2.35. The van der Waals surface area contributed by atoms with Crippen molar-refractivity contribution < 1.29 is 23.7 Å². The van der Waals surface area contributed by atoms with E-state index in [1.165, 1.54) is 0 Å². The molecule has 1 atom stereocenters. The molecule has 0 saturated heterocycles. The first-order valence-electron chi connectivity index (χ1n) is 9.48. The topological polar surface area (TPSA) is 78.4 Å². The Morgan fingerprint density at radius 2 is 1.70 bits per heavy atom. The Balaban J connectivity index is 1.46. The second-order valence-electron chi connectivity index (χ2n) is 6.81. The summed E-state index contributed by atoms with van der Waals surface area (Å²) in [5, 5.41) is 6.26. The van der Waals surface area contributed by atoms with Gasteiger partial charge in [-0.25, -0.2) is 5.43 Å². The molecule has 1 amide bonds. The highest BCUT2D eigenvalue weighted by molar-refractivity contribution is 6.00. The van der Waals surface area contributed by atoms with Gasteiger partial charge in [0.2, 0.25) is 6.10 Å². The summed E-state index contributed by atoms with van der Waals surface area (Å²) in [4.78, 5) is 12.6. The number of ether oxygens (including phenoxy) is 4. The number of nitrogens with one attached hydrogen (secondary N) is 1. The van der Waals surface area contributed by atoms with E-state index in [9.17, 15) is 4.79 Å². The third kappa shape index (κ3) is 3.87. The van der Waals surface area contributed by atoms with Crippen molar-refractivity contribution in [2.24, 2.45) is 5.10 Å². The Bertz CT molecular complexity index is 1130. The maximum atomic E-state index is 12.6. The number of hydrogen-bond donors (Lipinski definition) is 1. The average molecular weight is 406 g/mol. The standard InChI is InChI=1S/C23H22N2O5/c1-14(15-8-9-18(27-2)19(10-15)28-3)24-25-23(26)22-13-29-20-11-16-6-4-5-7-17(16)12-21(20)30-22/h4-12,22H,13H2,1-3H3,(H,25,26)/b24-14-. The molecule has 0 fully saturated rings. The fourth-order valence-electron chi connectivity index (χ4n) is 3.22. The van der Waals surface area contributed by atoms with Crippen LogP contribution < -0.4 is 24.4 Å². The Morgan fingerprint density at radius 3 is 2.40 bits per heavy atom. The van der Waals surface area contributed by atoms with Crippen molar-refractivity contribution in [3.05, 3.63) is 60.2 Å². The van der Waals surface area contributed by atoms with Gasteiger partial charge in [-0.2, -0.15) is 5.10 Å². The number of amides is 1. The van der Waals surface area contributed by atoms with Crippen LogP contribution in [0.3, 0.4) is 0 Å². The van der Waals surface area contributed by atoms with Gasteiger partial charge in [-0.05, 0) is 48.0 Å². The summed E-state index contributed by atoms with van der Waals surface area (Å²) in [6.07, 6.45) is -0.791. The molecular formula is C23H22N2O5. The van der Waals surface area contributed by atoms with E-state index < -0.39 is 6.10 Å². The van der Waals surface area contributed by atoms with E-state index in [2.05, 4.69) is 10.5 Å². The number of nitrogens with zero attached hydrogens (tertiary/aromatic N) is 1. The van der Waals surface area contributed by atoms with Crippen LogP contribution in [0.25, 0.3) is 10.8 Å². The number of hydrogen-bond acceptors (Lipinski definition) is 6. The molecular weight excluding hydrogens is 384 g/mol. The molecule has 7 nitrogen and oxygen atoms in total. The molecule has 1 aliphatic heterocycles. The van der Waals surface area contributed by atoms with Crippen molar-refractivity contribution in [2.45, 2.75) is 13.0 Å². The summed E-state index contributed by atoms with van der Waals surface area (Å²) < 4.78 is 22.2. The Kier molecular flexibility index (Phi) is 5.43. The molecule has 0 radical (unpaired) electrons. The van der Waals surface area contributed by atoms with Crippen molar-refractivity contribution in [2.75, 3.05) is 20.8 Å². The zero-order chi connectivity index (χ0) is 21.1. The highest BCUT2D eigenvalue weighted by atomic mass is 16.6. The SMILES string of the molecule is COc1ccc(/C(C)=N\NC(=O)C2COc3cc4ccccc4cc3O2)cc1OC. The van der Waals surface area contributed by atoms with Crippen molar-refractivity contribution in [1.82, 2.24) is 5.43 Å². The zero-order valence-electron chi connectivity index (χ0n) is 17.0. The molecule has 4 rings (SSSR count). The fourth-order valence-corrected chi connectivity index (χ4v) is 3.22. The van der Waals surface area contributed by atoms with Gasteiger partial charge in [0.25, 0.3) is 5.91 Å². The number of hydrazone groups is 1. The summed E-state index contributed by atoms with van der Waals surface area (Å²) in [6, 6.07) is 17.1. The van der Waals surface area contributed by atoms with Gasteiger partial charge in [0.15, 0.2) is 23.0 Å². The van der Waals surface area contributed by atoms with E-state index in [1.807, 2.05) is 42.5 Å². The quantitative estimate of drug-likeness (QED) is 0.518. The monoisotopic (exact) mass is 406 g/mol. The summed E-state index contributed by atoms with van der Waals surface area (Å²) >= 11 is 0. The molecule has 7 heteroatoms. The van der Waals surface area contributed by atoms with Gasteiger partial charge in [0.1, 0.15) is 6.61 Å².